The number of urea groups is 1. The van der Waals surface area contributed by atoms with Crippen molar-refractivity contribution in [3.8, 4) is 5.75 Å². The van der Waals surface area contributed by atoms with Gasteiger partial charge >= 0.3 is 6.03 Å². The molecule has 0 unspecified atom stereocenters. The minimum absolute atomic E-state index is 0.0821. The lowest BCUT2D eigenvalue weighted by molar-refractivity contribution is -0.133. The summed E-state index contributed by atoms with van der Waals surface area (Å²) in [6, 6.07) is 4.04. The molecule has 0 spiro atoms. The molecule has 1 aromatic heterocycles. The predicted octanol–water partition coefficient (Wildman–Crippen LogP) is 2.98. The second-order valence-electron chi connectivity index (χ2n) is 13.5. The molecule has 1 aromatic carbocycles. The number of rotatable bonds is 14. The van der Waals surface area contributed by atoms with E-state index in [4.69, 9.17) is 9.47 Å². The van der Waals surface area contributed by atoms with Gasteiger partial charge < -0.3 is 35.6 Å². The molecule has 49 heavy (non-hydrogen) atoms. The first-order chi connectivity index (χ1) is 23.5. The first-order valence-electron chi connectivity index (χ1n) is 17.2. The maximum atomic E-state index is 13.9. The van der Waals surface area contributed by atoms with Crippen LogP contribution in [0.5, 0.6) is 5.75 Å². The smallest absolute Gasteiger partial charge is 0.318 e. The topological polar surface area (TPSA) is 171 Å². The highest BCUT2D eigenvalue weighted by molar-refractivity contribution is 7.11. The van der Waals surface area contributed by atoms with E-state index in [0.29, 0.717) is 55.6 Å². The van der Waals surface area contributed by atoms with Gasteiger partial charge in [0.05, 0.1) is 19.8 Å². The van der Waals surface area contributed by atoms with E-state index in [-0.39, 0.29) is 24.2 Å². The van der Waals surface area contributed by atoms with Crippen molar-refractivity contribution in [2.75, 3.05) is 26.8 Å². The molecule has 2 saturated heterocycles. The van der Waals surface area contributed by atoms with Crippen LogP contribution in [0.1, 0.15) is 80.6 Å². The minimum Gasteiger partial charge on any atom is -0.497 e. The number of methoxy groups -OCH3 is 1. The number of hydrogen-bond acceptors (Lipinski definition) is 9. The maximum absolute atomic E-state index is 13.9. The van der Waals surface area contributed by atoms with E-state index in [1.54, 1.807) is 49.6 Å². The van der Waals surface area contributed by atoms with E-state index < -0.39 is 41.6 Å². The molecule has 4 atom stereocenters. The Kier molecular flexibility index (Phi) is 12.3. The van der Waals surface area contributed by atoms with Crippen LogP contribution in [0.25, 0.3) is 0 Å². The van der Waals surface area contributed by atoms with E-state index in [0.717, 1.165) is 31.2 Å². The first-order valence-corrected chi connectivity index (χ1v) is 18.1. The third-order valence-corrected chi connectivity index (χ3v) is 10.5. The molecular weight excluding hydrogens is 648 g/mol. The van der Waals surface area contributed by atoms with Gasteiger partial charge in [0, 0.05) is 37.1 Å². The van der Waals surface area contributed by atoms with Crippen LogP contribution < -0.4 is 26.0 Å². The Balaban J connectivity index is 1.20. The third-order valence-electron chi connectivity index (χ3n) is 9.73. The van der Waals surface area contributed by atoms with Gasteiger partial charge in [0.1, 0.15) is 23.4 Å². The van der Waals surface area contributed by atoms with E-state index in [2.05, 4.69) is 26.3 Å². The van der Waals surface area contributed by atoms with Gasteiger partial charge in [-0.2, -0.15) is 0 Å². The Bertz CT molecular complexity index is 1450. The number of carbonyl (C=O) groups is 5. The number of benzene rings is 1. The Morgan fingerprint density at radius 2 is 1.65 bits per heavy atom. The largest absolute Gasteiger partial charge is 0.497 e. The monoisotopic (exact) mass is 696 g/mol. The predicted molar refractivity (Wildman–Crippen MR) is 183 cm³/mol. The molecular formula is C35H48N6O7S. The number of thiazole rings is 1. The summed E-state index contributed by atoms with van der Waals surface area (Å²) in [6.07, 6.45) is 8.84. The van der Waals surface area contributed by atoms with Crippen molar-refractivity contribution in [1.29, 1.82) is 0 Å². The summed E-state index contributed by atoms with van der Waals surface area (Å²) in [5, 5.41) is 13.7. The summed E-state index contributed by atoms with van der Waals surface area (Å²) in [5.41, 5.74) is -0.114. The molecule has 5 rings (SSSR count). The average molecular weight is 697 g/mol. The molecule has 0 radical (unpaired) electrons. The van der Waals surface area contributed by atoms with Crippen LogP contribution in [0.3, 0.4) is 0 Å². The van der Waals surface area contributed by atoms with Crippen LogP contribution >= 0.6 is 11.3 Å². The van der Waals surface area contributed by atoms with Gasteiger partial charge in [-0.15, -0.1) is 11.3 Å². The van der Waals surface area contributed by atoms with Gasteiger partial charge in [-0.1, -0.05) is 44.2 Å². The number of hydrogen-bond donors (Lipinski definition) is 4. The highest BCUT2D eigenvalue weighted by Gasteiger charge is 2.50. The first kappa shape index (κ1) is 36.2. The number of nitrogens with zero attached hydrogens (tertiary/aromatic N) is 2. The molecule has 3 aliphatic rings. The molecule has 13 nitrogen and oxygen atoms in total. The molecule has 2 aromatic rings. The third kappa shape index (κ3) is 10.0. The normalized spacial score (nSPS) is 21.5. The zero-order chi connectivity index (χ0) is 35.0. The van der Waals surface area contributed by atoms with Crippen molar-refractivity contribution in [1.82, 2.24) is 31.2 Å². The van der Waals surface area contributed by atoms with Crippen molar-refractivity contribution in [3.05, 3.63) is 46.4 Å². The summed E-state index contributed by atoms with van der Waals surface area (Å²) in [7, 11) is 1.57. The van der Waals surface area contributed by atoms with Crippen LogP contribution in [-0.2, 0) is 25.5 Å². The molecule has 3 fully saturated rings. The van der Waals surface area contributed by atoms with Crippen molar-refractivity contribution in [3.63, 3.8) is 0 Å². The maximum Gasteiger partial charge on any atom is 0.318 e. The van der Waals surface area contributed by atoms with Gasteiger partial charge in [-0.25, -0.2) is 9.78 Å². The summed E-state index contributed by atoms with van der Waals surface area (Å²) < 4.78 is 10.7. The van der Waals surface area contributed by atoms with Gasteiger partial charge in [0.2, 0.25) is 11.8 Å². The van der Waals surface area contributed by atoms with Crippen molar-refractivity contribution in [2.24, 2.45) is 5.92 Å². The number of amides is 5. The van der Waals surface area contributed by atoms with Crippen LogP contribution in [-0.4, -0.2) is 96.0 Å². The molecule has 3 heterocycles. The molecule has 1 saturated carbocycles. The van der Waals surface area contributed by atoms with Gasteiger partial charge in [0.15, 0.2) is 10.8 Å². The molecule has 2 aliphatic heterocycles. The lowest BCUT2D eigenvalue weighted by atomic mass is 9.82. The quantitative estimate of drug-likeness (QED) is 0.219. The van der Waals surface area contributed by atoms with E-state index in [1.165, 1.54) is 17.8 Å². The summed E-state index contributed by atoms with van der Waals surface area (Å²) in [5.74, 6) is -0.381. The number of ether oxygens (including phenoxy) is 2. The van der Waals surface area contributed by atoms with Crippen molar-refractivity contribution >= 4 is 40.9 Å². The lowest BCUT2D eigenvalue weighted by Crippen LogP contribution is -2.58. The highest BCUT2D eigenvalue weighted by atomic mass is 32.1. The van der Waals surface area contributed by atoms with Gasteiger partial charge in [0.25, 0.3) is 5.91 Å². The number of aromatic nitrogens is 1. The van der Waals surface area contributed by atoms with Crippen LogP contribution in [0.15, 0.2) is 35.8 Å². The van der Waals surface area contributed by atoms with Crippen LogP contribution in [0.2, 0.25) is 0 Å². The summed E-state index contributed by atoms with van der Waals surface area (Å²) >= 11 is 1.27. The standard InChI is InChI=1S/C35H48N6O7S/c1-22(37-34(46)41-16-13-25(14-17-41)38-32(45)33-36-15-18-49-33)30(43)40-28(20-24-9-11-26(47-3)12-10-24)31(44)39-27(29(42)35(2)21-48-35)19-23-7-5-4-6-8-23/h9-12,15,18,22-23,25,27-28H,4-8,13-14,16-17,19-21H2,1-3H3,(H,37,46)(H,38,45)(H,39,44)(H,40,43)/t22-,27-,28-,35+/m0/s1. The minimum atomic E-state index is -1.01. The summed E-state index contributed by atoms with van der Waals surface area (Å²) in [4.78, 5) is 72.0. The Morgan fingerprint density at radius 1 is 0.980 bits per heavy atom. The molecule has 5 amide bonds. The molecule has 0 bridgehead atoms. The zero-order valence-electron chi connectivity index (χ0n) is 28.5. The molecule has 1 aliphatic carbocycles. The zero-order valence-corrected chi connectivity index (χ0v) is 29.3. The van der Waals surface area contributed by atoms with Gasteiger partial charge in [-0.3, -0.25) is 19.2 Å². The number of Topliss-reactive ketones (excluding diaryl/α,β-unsaturated/α-hetero) is 1. The van der Waals surface area contributed by atoms with Crippen molar-refractivity contribution < 1.29 is 33.4 Å². The fraction of sp³-hybridized carbons (Fsp3) is 0.600. The fourth-order valence-electron chi connectivity index (χ4n) is 6.53. The van der Waals surface area contributed by atoms with Gasteiger partial charge in [-0.05, 0) is 56.7 Å². The highest BCUT2D eigenvalue weighted by Crippen LogP contribution is 2.33. The molecule has 4 N–H and O–H groups in total. The van der Waals surface area contributed by atoms with Crippen molar-refractivity contribution in [2.45, 2.75) is 101 Å². The SMILES string of the molecule is COc1ccc(C[C@H](NC(=O)[C@H](C)NC(=O)N2CCC(NC(=O)c3nccs3)CC2)C(=O)N[C@@H](CC2CCCCC2)C(=O)[C@@]2(C)CO2)cc1. The number of piperidine rings is 1. The number of nitrogens with one attached hydrogen (secondary N) is 4. The Morgan fingerprint density at radius 3 is 2.27 bits per heavy atom. The molecule has 14 heteroatoms. The van der Waals surface area contributed by atoms with Crippen LogP contribution in [0.4, 0.5) is 4.79 Å². The van der Waals surface area contributed by atoms with E-state index in [1.807, 2.05) is 12.1 Å². The number of likely N-dealkylation sites (tertiary alicyclic amines) is 1. The second-order valence-corrected chi connectivity index (χ2v) is 14.4. The fourth-order valence-corrected chi connectivity index (χ4v) is 7.07. The second kappa shape index (κ2) is 16.6. The summed E-state index contributed by atoms with van der Waals surface area (Å²) in [6.45, 7) is 4.45. The van der Waals surface area contributed by atoms with E-state index in [9.17, 15) is 24.0 Å². The lowest BCUT2D eigenvalue weighted by Gasteiger charge is -2.33. The molecule has 266 valence electrons. The average Bonchev–Trinajstić information content (AvgIpc) is 3.61. The Hall–Kier alpha value is -4.04. The van der Waals surface area contributed by atoms with E-state index >= 15 is 0 Å². The Labute approximate surface area is 291 Å². The number of carbonyl (C=O) groups excluding carboxylic acids is 5. The number of ketones is 1. The number of epoxide rings is 1. The van der Waals surface area contributed by atoms with Crippen LogP contribution in [0, 0.1) is 5.92 Å².